The van der Waals surface area contributed by atoms with Crippen LogP contribution in [-0.4, -0.2) is 27.0 Å². The molecule has 0 saturated heterocycles. The number of carbonyl (C=O) groups is 1. The van der Waals surface area contributed by atoms with E-state index in [9.17, 15) is 26.4 Å². The maximum absolute atomic E-state index is 12.5. The van der Waals surface area contributed by atoms with Crippen LogP contribution in [0.25, 0.3) is 6.08 Å². The van der Waals surface area contributed by atoms with Gasteiger partial charge >= 0.3 is 6.18 Å². The third-order valence-electron chi connectivity index (χ3n) is 4.30. The number of benzene rings is 3. The normalized spacial score (nSPS) is 11.8. The van der Waals surface area contributed by atoms with Crippen LogP contribution in [0.15, 0.2) is 84.3 Å². The summed E-state index contributed by atoms with van der Waals surface area (Å²) in [7, 11) is -3.77. The smallest absolute Gasteiger partial charge is 0.375 e. The van der Waals surface area contributed by atoms with E-state index in [0.717, 1.165) is 11.0 Å². The molecule has 6 nitrogen and oxygen atoms in total. The lowest BCUT2D eigenvalue weighted by atomic mass is 10.2. The Labute approximate surface area is 189 Å². The minimum Gasteiger partial charge on any atom is -0.375 e. The summed E-state index contributed by atoms with van der Waals surface area (Å²) in [6.45, 7) is -1.24. The Kier molecular flexibility index (Phi) is 7.39. The van der Waals surface area contributed by atoms with Crippen LogP contribution in [0.1, 0.15) is 15.9 Å². The predicted molar refractivity (Wildman–Crippen MR) is 123 cm³/mol. The van der Waals surface area contributed by atoms with Gasteiger partial charge in [-0.2, -0.15) is 13.2 Å². The molecule has 0 heterocycles. The molecule has 0 aliphatic heterocycles. The lowest BCUT2D eigenvalue weighted by Crippen LogP contribution is -2.22. The third-order valence-corrected chi connectivity index (χ3v) is 5.32. The molecule has 3 rings (SSSR count). The highest BCUT2D eigenvalue weighted by molar-refractivity contribution is 7.95. The van der Waals surface area contributed by atoms with Crippen molar-refractivity contribution in [2.75, 3.05) is 21.9 Å². The first kappa shape index (κ1) is 23.9. The van der Waals surface area contributed by atoms with E-state index < -0.39 is 28.7 Å². The van der Waals surface area contributed by atoms with E-state index in [2.05, 4.69) is 15.4 Å². The number of sulfonamides is 1. The van der Waals surface area contributed by atoms with Gasteiger partial charge in [0.2, 0.25) is 0 Å². The first-order valence-electron chi connectivity index (χ1n) is 9.68. The molecule has 0 bridgehead atoms. The highest BCUT2D eigenvalue weighted by Gasteiger charge is 2.27. The highest BCUT2D eigenvalue weighted by Crippen LogP contribution is 2.24. The molecule has 172 valence electrons. The van der Waals surface area contributed by atoms with Crippen LogP contribution < -0.4 is 15.4 Å². The van der Waals surface area contributed by atoms with Crippen molar-refractivity contribution in [3.05, 3.63) is 95.4 Å². The zero-order chi connectivity index (χ0) is 23.9. The number of carbonyl (C=O) groups excluding carboxylic acids is 1. The number of nitrogens with one attached hydrogen (secondary N) is 3. The molecule has 0 fully saturated rings. The number of rotatable bonds is 8. The Hall–Kier alpha value is -3.79. The van der Waals surface area contributed by atoms with E-state index in [1.807, 2.05) is 6.07 Å². The first-order valence-corrected chi connectivity index (χ1v) is 11.2. The minimum atomic E-state index is -4.41. The van der Waals surface area contributed by atoms with Gasteiger partial charge in [0.15, 0.2) is 0 Å². The summed E-state index contributed by atoms with van der Waals surface area (Å²) < 4.78 is 64.3. The summed E-state index contributed by atoms with van der Waals surface area (Å²) in [6, 6.07) is 20.6. The lowest BCUT2D eigenvalue weighted by Gasteiger charge is -2.14. The fraction of sp³-hybridized carbons (Fsp3) is 0.0870. The maximum Gasteiger partial charge on any atom is 0.405 e. The Morgan fingerprint density at radius 2 is 1.45 bits per heavy atom. The molecule has 3 N–H and O–H groups in total. The average molecular weight is 475 g/mol. The van der Waals surface area contributed by atoms with Crippen molar-refractivity contribution < 1.29 is 26.4 Å². The van der Waals surface area contributed by atoms with Gasteiger partial charge in [-0.3, -0.25) is 9.52 Å². The molecule has 10 heteroatoms. The van der Waals surface area contributed by atoms with Crippen LogP contribution in [0.3, 0.4) is 0 Å². The van der Waals surface area contributed by atoms with E-state index in [1.165, 1.54) is 42.5 Å². The van der Waals surface area contributed by atoms with Crippen molar-refractivity contribution in [3.63, 3.8) is 0 Å². The largest absolute Gasteiger partial charge is 0.405 e. The van der Waals surface area contributed by atoms with Crippen molar-refractivity contribution in [1.82, 2.24) is 0 Å². The molecular weight excluding hydrogens is 455 g/mol. The zero-order valence-corrected chi connectivity index (χ0v) is 18.0. The topological polar surface area (TPSA) is 87.3 Å². The van der Waals surface area contributed by atoms with Crippen molar-refractivity contribution >= 4 is 39.1 Å². The second kappa shape index (κ2) is 10.2. The number of alkyl halides is 3. The van der Waals surface area contributed by atoms with Gasteiger partial charge in [-0.15, -0.1) is 0 Å². The molecular formula is C23H20F3N3O3S. The SMILES string of the molecule is O=C(Nc1ccccc1NCC(F)(F)F)c1ccc(NS(=O)(=O)/C=C/c2ccccc2)cc1. The zero-order valence-electron chi connectivity index (χ0n) is 17.1. The minimum absolute atomic E-state index is 0.123. The lowest BCUT2D eigenvalue weighted by molar-refractivity contribution is -0.115. The van der Waals surface area contributed by atoms with Crippen LogP contribution in [-0.2, 0) is 10.0 Å². The number of hydrogen-bond donors (Lipinski definition) is 3. The van der Waals surface area contributed by atoms with Gasteiger partial charge in [-0.05, 0) is 48.0 Å². The number of halogens is 3. The summed E-state index contributed by atoms with van der Waals surface area (Å²) in [5, 5.41) is 5.83. The fourth-order valence-corrected chi connectivity index (χ4v) is 3.63. The number of para-hydroxylation sites is 2. The third kappa shape index (κ3) is 7.69. The summed E-state index contributed by atoms with van der Waals surface area (Å²) in [5.41, 5.74) is 1.47. The van der Waals surface area contributed by atoms with Crippen LogP contribution in [0.5, 0.6) is 0 Å². The molecule has 0 radical (unpaired) electrons. The Morgan fingerprint density at radius 3 is 2.09 bits per heavy atom. The fourth-order valence-electron chi connectivity index (χ4n) is 2.76. The van der Waals surface area contributed by atoms with E-state index in [0.29, 0.717) is 0 Å². The van der Waals surface area contributed by atoms with E-state index in [-0.39, 0.29) is 22.6 Å². The van der Waals surface area contributed by atoms with Crippen molar-refractivity contribution in [3.8, 4) is 0 Å². The van der Waals surface area contributed by atoms with Gasteiger partial charge in [-0.1, -0.05) is 42.5 Å². The maximum atomic E-state index is 12.5. The molecule has 0 aliphatic rings. The van der Waals surface area contributed by atoms with Gasteiger partial charge in [0.1, 0.15) is 6.54 Å². The molecule has 1 amide bonds. The molecule has 0 aliphatic carbocycles. The van der Waals surface area contributed by atoms with Crippen LogP contribution in [0, 0.1) is 0 Å². The molecule has 0 aromatic heterocycles. The van der Waals surface area contributed by atoms with Gasteiger partial charge in [0.25, 0.3) is 15.9 Å². The molecule has 3 aromatic rings. The highest BCUT2D eigenvalue weighted by atomic mass is 32.2. The summed E-state index contributed by atoms with van der Waals surface area (Å²) >= 11 is 0. The second-order valence-corrected chi connectivity index (χ2v) is 8.47. The first-order chi connectivity index (χ1) is 15.6. The molecule has 33 heavy (non-hydrogen) atoms. The number of hydrogen-bond acceptors (Lipinski definition) is 4. The average Bonchev–Trinajstić information content (AvgIpc) is 2.77. The monoisotopic (exact) mass is 475 g/mol. The Bertz CT molecular complexity index is 1230. The van der Waals surface area contributed by atoms with Gasteiger partial charge < -0.3 is 10.6 Å². The predicted octanol–water partition coefficient (Wildman–Crippen LogP) is 5.33. The summed E-state index contributed by atoms with van der Waals surface area (Å²) in [4.78, 5) is 12.5. The van der Waals surface area contributed by atoms with Gasteiger partial charge in [-0.25, -0.2) is 8.42 Å². The molecule has 3 aromatic carbocycles. The van der Waals surface area contributed by atoms with E-state index in [4.69, 9.17) is 0 Å². The quantitative estimate of drug-likeness (QED) is 0.411. The molecule has 0 saturated carbocycles. The van der Waals surface area contributed by atoms with Crippen LogP contribution in [0.2, 0.25) is 0 Å². The van der Waals surface area contributed by atoms with Gasteiger partial charge in [0.05, 0.1) is 16.8 Å². The summed E-state index contributed by atoms with van der Waals surface area (Å²) in [6.07, 6.45) is -2.95. The number of amides is 1. The van der Waals surface area contributed by atoms with Crippen LogP contribution >= 0.6 is 0 Å². The van der Waals surface area contributed by atoms with Crippen molar-refractivity contribution in [1.29, 1.82) is 0 Å². The standard InChI is InChI=1S/C23H20F3N3O3S/c24-23(25,26)16-27-20-8-4-5-9-21(20)28-22(30)18-10-12-19(13-11-18)29-33(31,32)15-14-17-6-2-1-3-7-17/h1-15,27,29H,16H2,(H,28,30)/b15-14+. The molecule has 0 spiro atoms. The van der Waals surface area contributed by atoms with E-state index in [1.54, 1.807) is 36.4 Å². The molecule has 0 atom stereocenters. The molecule has 0 unspecified atom stereocenters. The van der Waals surface area contributed by atoms with Crippen molar-refractivity contribution in [2.45, 2.75) is 6.18 Å². The summed E-state index contributed by atoms with van der Waals surface area (Å²) in [5.74, 6) is -0.561. The van der Waals surface area contributed by atoms with E-state index >= 15 is 0 Å². The Morgan fingerprint density at radius 1 is 0.848 bits per heavy atom. The number of anilines is 3. The van der Waals surface area contributed by atoms with Gasteiger partial charge in [0, 0.05) is 11.3 Å². The Balaban J connectivity index is 1.64. The van der Waals surface area contributed by atoms with Crippen LogP contribution in [0.4, 0.5) is 30.2 Å². The second-order valence-electron chi connectivity index (χ2n) is 6.91. The van der Waals surface area contributed by atoms with Crippen molar-refractivity contribution in [2.24, 2.45) is 0 Å².